The Labute approximate surface area is 240 Å². The van der Waals surface area contributed by atoms with E-state index < -0.39 is 6.04 Å². The fourth-order valence-corrected chi connectivity index (χ4v) is 5.61. The molecule has 1 aliphatic heterocycles. The molecule has 0 aliphatic carbocycles. The Balaban J connectivity index is 1.56. The number of aromatic nitrogens is 2. The number of nitrogens with one attached hydrogen (secondary N) is 1. The summed E-state index contributed by atoms with van der Waals surface area (Å²) < 4.78 is 16.9. The summed E-state index contributed by atoms with van der Waals surface area (Å²) in [4.78, 5) is 15.8. The number of unbranched alkanes of at least 4 members (excludes halogenated alkanes) is 1. The number of nitrogens with zero attached hydrogens (tertiary/aromatic N) is 2. The summed E-state index contributed by atoms with van der Waals surface area (Å²) in [6, 6.07) is 17.0. The van der Waals surface area contributed by atoms with E-state index in [0.29, 0.717) is 48.0 Å². The summed E-state index contributed by atoms with van der Waals surface area (Å²) in [5.74, 6) is 2.07. The number of aromatic amines is 1. The van der Waals surface area contributed by atoms with Crippen LogP contribution in [-0.4, -0.2) is 53.5 Å². The Kier molecular flexibility index (Phi) is 8.19. The molecule has 4 aromatic rings. The molecule has 5 rings (SSSR count). The van der Waals surface area contributed by atoms with Gasteiger partial charge in [-0.3, -0.25) is 9.89 Å². The van der Waals surface area contributed by atoms with Gasteiger partial charge in [-0.1, -0.05) is 37.6 Å². The molecule has 214 valence electrons. The quantitative estimate of drug-likeness (QED) is 0.208. The number of aromatic hydroxyl groups is 1. The van der Waals surface area contributed by atoms with Crippen molar-refractivity contribution in [2.75, 3.05) is 27.4 Å². The molecule has 0 spiro atoms. The second-order valence-corrected chi connectivity index (χ2v) is 10.5. The SMILES string of the molecule is CCCCOc1cccc(C2c3c(-c4c(C)cc(C)cc4O)n[nH]c3C(=O)N2CCc2ccc(OC)c(OC)c2)c1. The Bertz CT molecular complexity index is 1540. The van der Waals surface area contributed by atoms with Gasteiger partial charge in [-0.15, -0.1) is 0 Å². The van der Waals surface area contributed by atoms with Crippen molar-refractivity contribution in [3.8, 4) is 34.3 Å². The molecule has 0 bridgehead atoms. The molecule has 1 unspecified atom stereocenters. The van der Waals surface area contributed by atoms with E-state index >= 15 is 0 Å². The van der Waals surface area contributed by atoms with Gasteiger partial charge in [-0.05, 0) is 79.3 Å². The van der Waals surface area contributed by atoms with E-state index in [-0.39, 0.29) is 11.7 Å². The van der Waals surface area contributed by atoms with Gasteiger partial charge in [0.25, 0.3) is 5.91 Å². The van der Waals surface area contributed by atoms with Gasteiger partial charge in [-0.2, -0.15) is 5.10 Å². The molecular weight excluding hydrogens is 518 g/mol. The molecule has 0 radical (unpaired) electrons. The number of aryl methyl sites for hydroxylation is 2. The Morgan fingerprint density at radius 2 is 1.83 bits per heavy atom. The van der Waals surface area contributed by atoms with E-state index in [2.05, 4.69) is 17.1 Å². The number of amides is 1. The van der Waals surface area contributed by atoms with Gasteiger partial charge in [0.2, 0.25) is 0 Å². The van der Waals surface area contributed by atoms with Gasteiger partial charge in [0.15, 0.2) is 11.5 Å². The lowest BCUT2D eigenvalue weighted by Crippen LogP contribution is -2.31. The van der Waals surface area contributed by atoms with E-state index in [1.54, 1.807) is 20.3 Å². The summed E-state index contributed by atoms with van der Waals surface area (Å²) in [7, 11) is 3.22. The molecule has 0 fully saturated rings. The van der Waals surface area contributed by atoms with E-state index in [4.69, 9.17) is 14.2 Å². The smallest absolute Gasteiger partial charge is 0.273 e. The maximum atomic E-state index is 13.9. The zero-order valence-electron chi connectivity index (χ0n) is 24.3. The van der Waals surface area contributed by atoms with Crippen LogP contribution in [0.2, 0.25) is 0 Å². The van der Waals surface area contributed by atoms with Gasteiger partial charge >= 0.3 is 0 Å². The summed E-state index contributed by atoms with van der Waals surface area (Å²) in [6.45, 7) is 7.11. The van der Waals surface area contributed by atoms with Gasteiger partial charge in [0, 0.05) is 17.7 Å². The second-order valence-electron chi connectivity index (χ2n) is 10.5. The number of benzene rings is 3. The summed E-state index contributed by atoms with van der Waals surface area (Å²) in [5.41, 5.74) is 6.20. The van der Waals surface area contributed by atoms with E-state index in [1.807, 2.05) is 67.3 Å². The van der Waals surface area contributed by atoms with E-state index in [1.165, 1.54) is 0 Å². The number of fused-ring (bicyclic) bond motifs is 1. The first-order chi connectivity index (χ1) is 19.9. The topological polar surface area (TPSA) is 96.9 Å². The van der Waals surface area contributed by atoms with Crippen molar-refractivity contribution < 1.29 is 24.1 Å². The van der Waals surface area contributed by atoms with Crippen LogP contribution in [0, 0.1) is 13.8 Å². The fraction of sp³-hybridized carbons (Fsp3) is 0.333. The third kappa shape index (κ3) is 5.46. The number of rotatable bonds is 11. The number of carbonyl (C=O) groups is 1. The van der Waals surface area contributed by atoms with E-state index in [0.717, 1.165) is 46.4 Å². The molecule has 3 aromatic carbocycles. The Morgan fingerprint density at radius 3 is 2.56 bits per heavy atom. The van der Waals surface area contributed by atoms with Crippen LogP contribution in [0.1, 0.15) is 64.1 Å². The maximum Gasteiger partial charge on any atom is 0.273 e. The molecule has 0 saturated heterocycles. The number of hydrogen-bond acceptors (Lipinski definition) is 6. The minimum atomic E-state index is -0.416. The predicted octanol–water partition coefficient (Wildman–Crippen LogP) is 6.38. The van der Waals surface area contributed by atoms with Crippen LogP contribution in [0.15, 0.2) is 54.6 Å². The fourth-order valence-electron chi connectivity index (χ4n) is 5.61. The predicted molar refractivity (Wildman–Crippen MR) is 158 cm³/mol. The largest absolute Gasteiger partial charge is 0.507 e. The van der Waals surface area contributed by atoms with E-state index in [9.17, 15) is 9.90 Å². The van der Waals surface area contributed by atoms with Crippen LogP contribution >= 0.6 is 0 Å². The van der Waals surface area contributed by atoms with Crippen molar-refractivity contribution in [1.82, 2.24) is 15.1 Å². The van der Waals surface area contributed by atoms with Crippen LogP contribution in [-0.2, 0) is 6.42 Å². The zero-order chi connectivity index (χ0) is 29.1. The van der Waals surface area contributed by atoms with Gasteiger partial charge in [-0.25, -0.2) is 0 Å². The van der Waals surface area contributed by atoms with Crippen LogP contribution in [0.5, 0.6) is 23.0 Å². The first-order valence-corrected chi connectivity index (χ1v) is 14.0. The molecule has 2 heterocycles. The number of carbonyl (C=O) groups excluding carboxylic acids is 1. The molecule has 0 saturated carbocycles. The molecule has 8 heteroatoms. The molecule has 8 nitrogen and oxygen atoms in total. The molecule has 2 N–H and O–H groups in total. The van der Waals surface area contributed by atoms with Crippen molar-refractivity contribution in [1.29, 1.82) is 0 Å². The first-order valence-electron chi connectivity index (χ1n) is 14.0. The molecular formula is C33H37N3O5. The molecule has 1 aromatic heterocycles. The van der Waals surface area contributed by atoms with Crippen LogP contribution < -0.4 is 14.2 Å². The number of methoxy groups -OCH3 is 2. The average Bonchev–Trinajstić information content (AvgIpc) is 3.50. The number of H-pyrrole nitrogens is 1. The van der Waals surface area contributed by atoms with Crippen molar-refractivity contribution >= 4 is 5.91 Å². The minimum Gasteiger partial charge on any atom is -0.507 e. The monoisotopic (exact) mass is 555 g/mol. The Hall–Kier alpha value is -4.46. The number of phenolic OH excluding ortho intramolecular Hbond substituents is 1. The molecule has 1 aliphatic rings. The third-order valence-electron chi connectivity index (χ3n) is 7.59. The highest BCUT2D eigenvalue weighted by Crippen LogP contribution is 2.46. The number of ether oxygens (including phenoxy) is 3. The number of hydrogen-bond donors (Lipinski definition) is 2. The maximum absolute atomic E-state index is 13.9. The highest BCUT2D eigenvalue weighted by molar-refractivity contribution is 6.00. The normalized spacial score (nSPS) is 14.3. The Morgan fingerprint density at radius 1 is 1.02 bits per heavy atom. The summed E-state index contributed by atoms with van der Waals surface area (Å²) >= 11 is 0. The van der Waals surface area contributed by atoms with Crippen LogP contribution in [0.3, 0.4) is 0 Å². The average molecular weight is 556 g/mol. The van der Waals surface area contributed by atoms with Gasteiger partial charge < -0.3 is 24.2 Å². The molecule has 41 heavy (non-hydrogen) atoms. The molecule has 1 amide bonds. The molecule has 1 atom stereocenters. The van der Waals surface area contributed by atoms with Crippen LogP contribution in [0.4, 0.5) is 0 Å². The van der Waals surface area contributed by atoms with Crippen molar-refractivity contribution in [2.24, 2.45) is 0 Å². The minimum absolute atomic E-state index is 0.134. The zero-order valence-corrected chi connectivity index (χ0v) is 24.3. The summed E-state index contributed by atoms with van der Waals surface area (Å²) in [6.07, 6.45) is 2.62. The highest BCUT2D eigenvalue weighted by atomic mass is 16.5. The van der Waals surface area contributed by atoms with Gasteiger partial charge in [0.1, 0.15) is 22.9 Å². The number of phenols is 1. The highest BCUT2D eigenvalue weighted by Gasteiger charge is 2.42. The standard InChI is InChI=1S/C33H37N3O5/c1-6-7-15-41-24-10-8-9-23(19-24)32-29-30(28-21(3)16-20(2)17-25(28)37)34-35-31(29)33(38)36(32)14-13-22-11-12-26(39-4)27(18-22)40-5/h8-12,16-19,32,37H,6-7,13-15H2,1-5H3,(H,34,35). The van der Waals surface area contributed by atoms with Gasteiger partial charge in [0.05, 0.1) is 26.9 Å². The third-order valence-corrected chi connectivity index (χ3v) is 7.59. The first kappa shape index (κ1) is 28.1. The van der Waals surface area contributed by atoms with Crippen molar-refractivity contribution in [2.45, 2.75) is 46.1 Å². The van der Waals surface area contributed by atoms with Crippen molar-refractivity contribution in [3.05, 3.63) is 88.1 Å². The second kappa shape index (κ2) is 12.0. The summed E-state index contributed by atoms with van der Waals surface area (Å²) in [5, 5.41) is 18.5. The van der Waals surface area contributed by atoms with Crippen LogP contribution in [0.25, 0.3) is 11.3 Å². The van der Waals surface area contributed by atoms with Crippen molar-refractivity contribution in [3.63, 3.8) is 0 Å². The lowest BCUT2D eigenvalue weighted by atomic mass is 9.93. The lowest BCUT2D eigenvalue weighted by Gasteiger charge is -2.27. The lowest BCUT2D eigenvalue weighted by molar-refractivity contribution is 0.0745.